The first-order valence-electron chi connectivity index (χ1n) is 6.78. The van der Waals surface area contributed by atoms with Gasteiger partial charge in [-0.15, -0.1) is 0 Å². The zero-order chi connectivity index (χ0) is 14.4. The Bertz CT molecular complexity index is 549. The molecule has 0 saturated heterocycles. The molecule has 0 amide bonds. The fourth-order valence-corrected chi connectivity index (χ4v) is 2.29. The van der Waals surface area contributed by atoms with E-state index in [0.29, 0.717) is 5.69 Å². The summed E-state index contributed by atoms with van der Waals surface area (Å²) < 4.78 is 1.79. The molecule has 0 bridgehead atoms. The lowest BCUT2D eigenvalue weighted by Gasteiger charge is -2.17. The van der Waals surface area contributed by atoms with Gasteiger partial charge in [0.15, 0.2) is 0 Å². The van der Waals surface area contributed by atoms with Crippen LogP contribution in [0.25, 0.3) is 0 Å². The van der Waals surface area contributed by atoms with Gasteiger partial charge in [-0.25, -0.2) is 4.79 Å². The first-order chi connectivity index (χ1) is 9.66. The molecule has 0 aliphatic carbocycles. The SMILES string of the molecule is CN(CCCn1cccc1C(=O)O)Cc1ccccc1. The molecular weight excluding hydrogens is 252 g/mol. The zero-order valence-corrected chi connectivity index (χ0v) is 11.7. The van der Waals surface area contributed by atoms with E-state index in [-0.39, 0.29) is 0 Å². The number of carboxylic acid groups (broad SMARTS) is 1. The second kappa shape index (κ2) is 6.91. The number of benzene rings is 1. The van der Waals surface area contributed by atoms with E-state index in [4.69, 9.17) is 5.11 Å². The fourth-order valence-electron chi connectivity index (χ4n) is 2.29. The van der Waals surface area contributed by atoms with E-state index in [0.717, 1.165) is 26.1 Å². The van der Waals surface area contributed by atoms with Gasteiger partial charge < -0.3 is 14.6 Å². The maximum Gasteiger partial charge on any atom is 0.352 e. The quantitative estimate of drug-likeness (QED) is 0.843. The average Bonchev–Trinajstić information content (AvgIpc) is 2.88. The Balaban J connectivity index is 1.78. The highest BCUT2D eigenvalue weighted by molar-refractivity contribution is 5.85. The minimum Gasteiger partial charge on any atom is -0.477 e. The minimum absolute atomic E-state index is 0.357. The van der Waals surface area contributed by atoms with Gasteiger partial charge in [0.05, 0.1) is 0 Å². The molecule has 106 valence electrons. The Morgan fingerprint density at radius 2 is 1.95 bits per heavy atom. The van der Waals surface area contributed by atoms with Crippen LogP contribution in [0.2, 0.25) is 0 Å². The Kier molecular flexibility index (Phi) is 4.96. The van der Waals surface area contributed by atoms with Crippen LogP contribution in [0.15, 0.2) is 48.7 Å². The van der Waals surface area contributed by atoms with Gasteiger partial charge in [0.25, 0.3) is 0 Å². The van der Waals surface area contributed by atoms with Crippen molar-refractivity contribution in [1.29, 1.82) is 0 Å². The summed E-state index contributed by atoms with van der Waals surface area (Å²) in [6, 6.07) is 13.7. The lowest BCUT2D eigenvalue weighted by atomic mass is 10.2. The number of aryl methyl sites for hydroxylation is 1. The van der Waals surface area contributed by atoms with Gasteiger partial charge in [-0.3, -0.25) is 0 Å². The van der Waals surface area contributed by atoms with Crippen molar-refractivity contribution >= 4 is 5.97 Å². The van der Waals surface area contributed by atoms with Crippen molar-refractivity contribution in [2.75, 3.05) is 13.6 Å². The molecule has 4 nitrogen and oxygen atoms in total. The van der Waals surface area contributed by atoms with Gasteiger partial charge in [-0.1, -0.05) is 30.3 Å². The standard InChI is InChI=1S/C16H20N2O2/c1-17(13-14-7-3-2-4-8-14)10-6-12-18-11-5-9-15(18)16(19)20/h2-5,7-9,11H,6,10,12-13H2,1H3,(H,19,20). The van der Waals surface area contributed by atoms with Crippen LogP contribution < -0.4 is 0 Å². The van der Waals surface area contributed by atoms with E-state index in [1.165, 1.54) is 5.56 Å². The summed E-state index contributed by atoms with van der Waals surface area (Å²) in [7, 11) is 2.08. The second-order valence-electron chi connectivity index (χ2n) is 4.97. The molecule has 2 rings (SSSR count). The van der Waals surface area contributed by atoms with Gasteiger partial charge >= 0.3 is 5.97 Å². The fraction of sp³-hybridized carbons (Fsp3) is 0.312. The van der Waals surface area contributed by atoms with Crippen molar-refractivity contribution in [3.63, 3.8) is 0 Å². The van der Waals surface area contributed by atoms with Crippen molar-refractivity contribution in [2.45, 2.75) is 19.5 Å². The van der Waals surface area contributed by atoms with Crippen molar-refractivity contribution in [1.82, 2.24) is 9.47 Å². The lowest BCUT2D eigenvalue weighted by Crippen LogP contribution is -2.20. The average molecular weight is 272 g/mol. The molecular formula is C16H20N2O2. The van der Waals surface area contributed by atoms with Gasteiger partial charge in [0.1, 0.15) is 5.69 Å². The summed E-state index contributed by atoms with van der Waals surface area (Å²) in [6.45, 7) is 2.58. The highest BCUT2D eigenvalue weighted by atomic mass is 16.4. The summed E-state index contributed by atoms with van der Waals surface area (Å²) >= 11 is 0. The van der Waals surface area contributed by atoms with Crippen LogP contribution in [0, 0.1) is 0 Å². The Morgan fingerprint density at radius 3 is 2.65 bits per heavy atom. The van der Waals surface area contributed by atoms with E-state index in [1.807, 2.05) is 24.4 Å². The number of carbonyl (C=O) groups is 1. The van der Waals surface area contributed by atoms with E-state index >= 15 is 0 Å². The summed E-state index contributed by atoms with van der Waals surface area (Å²) in [5.41, 5.74) is 1.65. The highest BCUT2D eigenvalue weighted by Gasteiger charge is 2.08. The molecule has 2 aromatic rings. The second-order valence-corrected chi connectivity index (χ2v) is 4.97. The van der Waals surface area contributed by atoms with E-state index < -0.39 is 5.97 Å². The highest BCUT2D eigenvalue weighted by Crippen LogP contribution is 2.06. The number of hydrogen-bond acceptors (Lipinski definition) is 2. The molecule has 1 N–H and O–H groups in total. The van der Waals surface area contributed by atoms with Gasteiger partial charge in [-0.05, 0) is 37.7 Å². The van der Waals surface area contributed by atoms with Gasteiger partial charge in [0.2, 0.25) is 0 Å². The molecule has 0 radical (unpaired) electrons. The van der Waals surface area contributed by atoms with Crippen molar-refractivity contribution in [3.8, 4) is 0 Å². The molecule has 0 aliphatic rings. The molecule has 1 aromatic carbocycles. The number of nitrogens with zero attached hydrogens (tertiary/aromatic N) is 2. The molecule has 4 heteroatoms. The third-order valence-corrected chi connectivity index (χ3v) is 3.28. The summed E-state index contributed by atoms with van der Waals surface area (Å²) in [5.74, 6) is -0.868. The van der Waals surface area contributed by atoms with E-state index in [1.54, 1.807) is 16.7 Å². The van der Waals surface area contributed by atoms with Crippen LogP contribution in [0.1, 0.15) is 22.5 Å². The minimum atomic E-state index is -0.868. The van der Waals surface area contributed by atoms with E-state index in [9.17, 15) is 4.79 Å². The topological polar surface area (TPSA) is 45.5 Å². The van der Waals surface area contributed by atoms with Crippen LogP contribution in [0.5, 0.6) is 0 Å². The first-order valence-corrected chi connectivity index (χ1v) is 6.78. The monoisotopic (exact) mass is 272 g/mol. The van der Waals surface area contributed by atoms with Crippen LogP contribution in [-0.4, -0.2) is 34.1 Å². The lowest BCUT2D eigenvalue weighted by molar-refractivity contribution is 0.0684. The van der Waals surface area contributed by atoms with E-state index in [2.05, 4.69) is 24.1 Å². The Hall–Kier alpha value is -2.07. The van der Waals surface area contributed by atoms with Gasteiger partial charge in [0, 0.05) is 19.3 Å². The largest absolute Gasteiger partial charge is 0.477 e. The Morgan fingerprint density at radius 1 is 1.20 bits per heavy atom. The van der Waals surface area contributed by atoms with Crippen molar-refractivity contribution < 1.29 is 9.90 Å². The number of aromatic nitrogens is 1. The van der Waals surface area contributed by atoms with Crippen LogP contribution in [0.3, 0.4) is 0 Å². The zero-order valence-electron chi connectivity index (χ0n) is 11.7. The predicted octanol–water partition coefficient (Wildman–Crippen LogP) is 2.71. The van der Waals surface area contributed by atoms with Crippen LogP contribution in [-0.2, 0) is 13.1 Å². The summed E-state index contributed by atoms with van der Waals surface area (Å²) in [6.07, 6.45) is 2.75. The number of aromatic carboxylic acids is 1. The molecule has 0 saturated carbocycles. The predicted molar refractivity (Wildman–Crippen MR) is 78.8 cm³/mol. The smallest absolute Gasteiger partial charge is 0.352 e. The molecule has 1 heterocycles. The number of rotatable bonds is 7. The number of hydrogen-bond donors (Lipinski definition) is 1. The molecule has 0 unspecified atom stereocenters. The molecule has 0 atom stereocenters. The Labute approximate surface area is 119 Å². The summed E-state index contributed by atoms with van der Waals surface area (Å²) in [4.78, 5) is 13.2. The molecule has 0 aliphatic heterocycles. The normalized spacial score (nSPS) is 10.9. The molecule has 0 spiro atoms. The maximum absolute atomic E-state index is 11.0. The van der Waals surface area contributed by atoms with Crippen LogP contribution in [0.4, 0.5) is 0 Å². The molecule has 0 fully saturated rings. The van der Waals surface area contributed by atoms with Crippen molar-refractivity contribution in [2.24, 2.45) is 0 Å². The third-order valence-electron chi connectivity index (χ3n) is 3.28. The van der Waals surface area contributed by atoms with Crippen molar-refractivity contribution in [3.05, 3.63) is 59.9 Å². The number of carboxylic acids is 1. The van der Waals surface area contributed by atoms with Gasteiger partial charge in [-0.2, -0.15) is 0 Å². The third kappa shape index (κ3) is 3.96. The molecule has 1 aromatic heterocycles. The first kappa shape index (κ1) is 14.3. The summed E-state index contributed by atoms with van der Waals surface area (Å²) in [5, 5.41) is 9.03. The van der Waals surface area contributed by atoms with Crippen LogP contribution >= 0.6 is 0 Å². The molecule has 20 heavy (non-hydrogen) atoms. The maximum atomic E-state index is 11.0.